The summed E-state index contributed by atoms with van der Waals surface area (Å²) in [4.78, 5) is 17.7. The van der Waals surface area contributed by atoms with Gasteiger partial charge in [-0.05, 0) is 50.2 Å². The fourth-order valence-electron chi connectivity index (χ4n) is 3.25. The Morgan fingerprint density at radius 3 is 2.84 bits per heavy atom. The van der Waals surface area contributed by atoms with Gasteiger partial charge in [-0.1, -0.05) is 6.07 Å². The lowest BCUT2D eigenvalue weighted by atomic mass is 10.1. The Hall–Kier alpha value is -2.73. The lowest BCUT2D eigenvalue weighted by Gasteiger charge is -2.19. The number of aromatic amines is 1. The Morgan fingerprint density at radius 2 is 2.00 bits per heavy atom. The predicted octanol–water partition coefficient (Wildman–Crippen LogP) is 2.37. The van der Waals surface area contributed by atoms with Gasteiger partial charge in [-0.15, -0.1) is 10.2 Å². The van der Waals surface area contributed by atoms with Crippen molar-refractivity contribution in [3.63, 3.8) is 0 Å². The quantitative estimate of drug-likeness (QED) is 0.754. The van der Waals surface area contributed by atoms with E-state index in [-0.39, 0.29) is 5.91 Å². The second kappa shape index (κ2) is 6.64. The third-order valence-electron chi connectivity index (χ3n) is 4.56. The van der Waals surface area contributed by atoms with Crippen LogP contribution in [0.15, 0.2) is 36.4 Å². The van der Waals surface area contributed by atoms with Gasteiger partial charge in [0.2, 0.25) is 0 Å². The molecule has 1 saturated heterocycles. The van der Waals surface area contributed by atoms with E-state index in [0.29, 0.717) is 12.2 Å². The molecule has 0 aliphatic carbocycles. The summed E-state index contributed by atoms with van der Waals surface area (Å²) < 4.78 is 0. The zero-order valence-electron chi connectivity index (χ0n) is 14.2. The van der Waals surface area contributed by atoms with Crippen LogP contribution in [0.25, 0.3) is 22.2 Å². The molecule has 0 radical (unpaired) electrons. The van der Waals surface area contributed by atoms with Crippen molar-refractivity contribution in [2.75, 3.05) is 26.2 Å². The van der Waals surface area contributed by atoms with Crippen molar-refractivity contribution in [3.8, 4) is 11.3 Å². The molecule has 2 N–H and O–H groups in total. The Bertz CT molecular complexity index is 892. The first-order valence-electron chi connectivity index (χ1n) is 8.64. The summed E-state index contributed by atoms with van der Waals surface area (Å²) in [5.41, 5.74) is 4.41. The standard InChI is InChI=1S/C19H21N5O/c1-13-11-15-12-14(3-4-16(15)21-13)17-5-6-18(23-22-17)19(25)24-9-2-7-20-8-10-24/h3-6,11-12,20-21H,2,7-10H2,1H3. The van der Waals surface area contributed by atoms with Crippen molar-refractivity contribution in [1.29, 1.82) is 0 Å². The molecule has 0 unspecified atom stereocenters. The van der Waals surface area contributed by atoms with Crippen LogP contribution >= 0.6 is 0 Å². The summed E-state index contributed by atoms with van der Waals surface area (Å²) in [5, 5.41) is 12.9. The summed E-state index contributed by atoms with van der Waals surface area (Å²) in [5.74, 6) is -0.0422. The molecule has 1 aliphatic rings. The van der Waals surface area contributed by atoms with E-state index < -0.39 is 0 Å². The molecule has 1 aromatic carbocycles. The Morgan fingerprint density at radius 1 is 1.08 bits per heavy atom. The number of fused-ring (bicyclic) bond motifs is 1. The van der Waals surface area contributed by atoms with Crippen LogP contribution in [-0.2, 0) is 0 Å². The molecule has 25 heavy (non-hydrogen) atoms. The normalized spacial score (nSPS) is 15.3. The topological polar surface area (TPSA) is 73.9 Å². The smallest absolute Gasteiger partial charge is 0.274 e. The van der Waals surface area contributed by atoms with Crippen LogP contribution in [0.4, 0.5) is 0 Å². The van der Waals surface area contributed by atoms with Crippen molar-refractivity contribution in [2.24, 2.45) is 0 Å². The number of H-pyrrole nitrogens is 1. The summed E-state index contributed by atoms with van der Waals surface area (Å²) in [6.45, 7) is 5.30. The molecule has 4 rings (SSSR count). The van der Waals surface area contributed by atoms with Gasteiger partial charge >= 0.3 is 0 Å². The molecule has 2 aromatic heterocycles. The van der Waals surface area contributed by atoms with Gasteiger partial charge in [0, 0.05) is 41.8 Å². The van der Waals surface area contributed by atoms with E-state index in [2.05, 4.69) is 32.6 Å². The number of rotatable bonds is 2. The molecule has 6 nitrogen and oxygen atoms in total. The van der Waals surface area contributed by atoms with Crippen LogP contribution in [0.2, 0.25) is 0 Å². The average molecular weight is 335 g/mol. The number of nitrogens with zero attached hydrogens (tertiary/aromatic N) is 3. The zero-order valence-corrected chi connectivity index (χ0v) is 14.2. The molecular formula is C19H21N5O. The SMILES string of the molecule is Cc1cc2cc(-c3ccc(C(=O)N4CCCNCC4)nn3)ccc2[nH]1. The molecule has 3 heterocycles. The summed E-state index contributed by atoms with van der Waals surface area (Å²) in [6.07, 6.45) is 0.966. The number of hydrogen-bond acceptors (Lipinski definition) is 4. The minimum absolute atomic E-state index is 0.0422. The molecule has 0 spiro atoms. The number of aryl methyl sites for hydroxylation is 1. The highest BCUT2D eigenvalue weighted by atomic mass is 16.2. The van der Waals surface area contributed by atoms with Crippen LogP contribution in [0.3, 0.4) is 0 Å². The molecule has 1 aliphatic heterocycles. The van der Waals surface area contributed by atoms with Crippen molar-refractivity contribution < 1.29 is 4.79 Å². The van der Waals surface area contributed by atoms with Crippen molar-refractivity contribution in [1.82, 2.24) is 25.4 Å². The molecule has 1 amide bonds. The molecule has 1 fully saturated rings. The summed E-state index contributed by atoms with van der Waals surface area (Å²) >= 11 is 0. The number of aromatic nitrogens is 3. The van der Waals surface area contributed by atoms with Crippen molar-refractivity contribution >= 4 is 16.8 Å². The molecule has 0 bridgehead atoms. The average Bonchev–Trinajstić information content (AvgIpc) is 2.83. The highest BCUT2D eigenvalue weighted by Crippen LogP contribution is 2.23. The van der Waals surface area contributed by atoms with Crippen molar-refractivity contribution in [3.05, 3.63) is 47.8 Å². The van der Waals surface area contributed by atoms with Gasteiger partial charge in [-0.3, -0.25) is 4.79 Å². The Kier molecular flexibility index (Phi) is 4.19. The molecule has 0 saturated carbocycles. The van der Waals surface area contributed by atoms with E-state index in [1.807, 2.05) is 30.0 Å². The maximum Gasteiger partial charge on any atom is 0.274 e. The molecule has 6 heteroatoms. The predicted molar refractivity (Wildman–Crippen MR) is 97.5 cm³/mol. The van der Waals surface area contributed by atoms with E-state index in [1.165, 1.54) is 0 Å². The van der Waals surface area contributed by atoms with Gasteiger partial charge in [-0.25, -0.2) is 0 Å². The monoisotopic (exact) mass is 335 g/mol. The first kappa shape index (κ1) is 15.8. The minimum atomic E-state index is -0.0422. The number of nitrogens with one attached hydrogen (secondary N) is 2. The van der Waals surface area contributed by atoms with E-state index in [0.717, 1.165) is 53.9 Å². The highest BCUT2D eigenvalue weighted by molar-refractivity contribution is 5.92. The van der Waals surface area contributed by atoms with Crippen LogP contribution in [0, 0.1) is 6.92 Å². The van der Waals surface area contributed by atoms with E-state index >= 15 is 0 Å². The van der Waals surface area contributed by atoms with E-state index in [1.54, 1.807) is 6.07 Å². The van der Waals surface area contributed by atoms with E-state index in [9.17, 15) is 4.79 Å². The van der Waals surface area contributed by atoms with E-state index in [4.69, 9.17) is 0 Å². The van der Waals surface area contributed by atoms with Gasteiger partial charge in [0.15, 0.2) is 5.69 Å². The lowest BCUT2D eigenvalue weighted by Crippen LogP contribution is -2.34. The molecule has 0 atom stereocenters. The van der Waals surface area contributed by atoms with Crippen LogP contribution in [-0.4, -0.2) is 52.2 Å². The van der Waals surface area contributed by atoms with Gasteiger partial charge in [0.25, 0.3) is 5.91 Å². The summed E-state index contributed by atoms with van der Waals surface area (Å²) in [6, 6.07) is 11.9. The number of amides is 1. The third-order valence-corrected chi connectivity index (χ3v) is 4.56. The zero-order chi connectivity index (χ0) is 17.2. The second-order valence-corrected chi connectivity index (χ2v) is 6.45. The fraction of sp³-hybridized carbons (Fsp3) is 0.316. The van der Waals surface area contributed by atoms with Crippen LogP contribution < -0.4 is 5.32 Å². The molecule has 128 valence electrons. The summed E-state index contributed by atoms with van der Waals surface area (Å²) in [7, 11) is 0. The number of carbonyl (C=O) groups is 1. The maximum absolute atomic E-state index is 12.6. The highest BCUT2D eigenvalue weighted by Gasteiger charge is 2.18. The Labute approximate surface area is 146 Å². The first-order chi connectivity index (χ1) is 12.2. The Balaban J connectivity index is 1.56. The maximum atomic E-state index is 12.6. The lowest BCUT2D eigenvalue weighted by molar-refractivity contribution is 0.0759. The number of hydrogen-bond donors (Lipinski definition) is 2. The second-order valence-electron chi connectivity index (χ2n) is 6.45. The van der Waals surface area contributed by atoms with Gasteiger partial charge in [0.05, 0.1) is 5.69 Å². The third kappa shape index (κ3) is 3.25. The van der Waals surface area contributed by atoms with Gasteiger partial charge in [-0.2, -0.15) is 0 Å². The fourth-order valence-corrected chi connectivity index (χ4v) is 3.25. The van der Waals surface area contributed by atoms with Gasteiger partial charge in [0.1, 0.15) is 0 Å². The first-order valence-corrected chi connectivity index (χ1v) is 8.64. The van der Waals surface area contributed by atoms with Crippen molar-refractivity contribution in [2.45, 2.75) is 13.3 Å². The molecule has 3 aromatic rings. The number of benzene rings is 1. The van der Waals surface area contributed by atoms with Crippen LogP contribution in [0.1, 0.15) is 22.6 Å². The largest absolute Gasteiger partial charge is 0.359 e. The number of carbonyl (C=O) groups excluding carboxylic acids is 1. The minimum Gasteiger partial charge on any atom is -0.359 e. The van der Waals surface area contributed by atoms with Crippen LogP contribution in [0.5, 0.6) is 0 Å². The molecular weight excluding hydrogens is 314 g/mol. The van der Waals surface area contributed by atoms with Gasteiger partial charge < -0.3 is 15.2 Å².